The Labute approximate surface area is 275 Å². The summed E-state index contributed by atoms with van der Waals surface area (Å²) in [6.07, 6.45) is 0. The van der Waals surface area contributed by atoms with E-state index < -0.39 is 36.3 Å². The molecule has 3 nitrogen and oxygen atoms in total. The van der Waals surface area contributed by atoms with Crippen LogP contribution in [0.2, 0.25) is 0 Å². The molecule has 0 aromatic heterocycles. The van der Waals surface area contributed by atoms with E-state index in [1.807, 2.05) is 109 Å². The van der Waals surface area contributed by atoms with Crippen molar-refractivity contribution in [2.75, 3.05) is 9.80 Å². The summed E-state index contributed by atoms with van der Waals surface area (Å²) in [5, 5.41) is 4.80. The maximum absolute atomic E-state index is 8.94. The Morgan fingerprint density at radius 1 is 0.422 bits per heavy atom. The van der Waals surface area contributed by atoms with E-state index in [0.717, 1.165) is 32.3 Å². The van der Waals surface area contributed by atoms with Crippen LogP contribution in [0.5, 0.6) is 11.5 Å². The van der Waals surface area contributed by atoms with Crippen LogP contribution in [-0.2, 0) is 0 Å². The molecule has 0 saturated carbocycles. The molecule has 8 aromatic rings. The lowest BCUT2D eigenvalue weighted by atomic mass is 9.91. The van der Waals surface area contributed by atoms with E-state index in [9.17, 15) is 0 Å². The van der Waals surface area contributed by atoms with Crippen LogP contribution in [-0.4, -0.2) is 0 Å². The summed E-state index contributed by atoms with van der Waals surface area (Å²) in [6.45, 7) is 0. The first-order valence-electron chi connectivity index (χ1n) is 19.5. The summed E-state index contributed by atoms with van der Waals surface area (Å²) in [5.74, 6) is 1.04. The fourth-order valence-corrected chi connectivity index (χ4v) is 6.30. The molecule has 0 atom stereocenters. The van der Waals surface area contributed by atoms with Gasteiger partial charge in [-0.1, -0.05) is 96.9 Å². The molecule has 0 saturated heterocycles. The van der Waals surface area contributed by atoms with Gasteiger partial charge in [0.25, 0.3) is 0 Å². The van der Waals surface area contributed by atoms with E-state index in [2.05, 4.69) is 0 Å². The highest BCUT2D eigenvalue weighted by Gasteiger charge is 2.25. The molecule has 45 heavy (non-hydrogen) atoms. The lowest BCUT2D eigenvalue weighted by molar-refractivity contribution is 0.493. The Morgan fingerprint density at radius 3 is 1.69 bits per heavy atom. The van der Waals surface area contributed by atoms with Crippen LogP contribution in [0.4, 0.5) is 34.1 Å². The predicted molar refractivity (Wildman–Crippen MR) is 188 cm³/mol. The topological polar surface area (TPSA) is 15.7 Å². The minimum absolute atomic E-state index is 0.00133. The third-order valence-electron chi connectivity index (χ3n) is 8.11. The zero-order valence-corrected chi connectivity index (χ0v) is 23.7. The second-order valence-electron chi connectivity index (χ2n) is 10.7. The molecule has 0 bridgehead atoms. The number of nitrogens with zero attached hydrogens (tertiary/aromatic N) is 2. The van der Waals surface area contributed by atoms with Crippen molar-refractivity contribution < 1.29 is 18.4 Å². The van der Waals surface area contributed by atoms with Gasteiger partial charge in [-0.3, -0.25) is 0 Å². The number of anilines is 6. The van der Waals surface area contributed by atoms with E-state index in [4.69, 9.17) is 18.4 Å². The fraction of sp³-hybridized carbons (Fsp3) is 0. The third-order valence-corrected chi connectivity index (χ3v) is 8.11. The number of hydrogen-bond donors (Lipinski definition) is 0. The maximum Gasteiger partial charge on any atom is 0.138 e. The van der Waals surface area contributed by atoms with Crippen LogP contribution in [0, 0.1) is 0 Å². The summed E-state index contributed by atoms with van der Waals surface area (Å²) in [7, 11) is 0. The Morgan fingerprint density at radius 2 is 1.02 bits per heavy atom. The van der Waals surface area contributed by atoms with Crippen LogP contribution in [0.25, 0.3) is 32.3 Å². The average Bonchev–Trinajstić information content (AvgIpc) is 3.21. The fourth-order valence-electron chi connectivity index (χ4n) is 6.30. The number of rotatable bonds is 6. The minimum atomic E-state index is -0.479. The quantitative estimate of drug-likeness (QED) is 0.180. The van der Waals surface area contributed by atoms with Crippen LogP contribution in [0.15, 0.2) is 170 Å². The van der Waals surface area contributed by atoms with Crippen molar-refractivity contribution >= 4 is 66.4 Å². The van der Waals surface area contributed by atoms with Gasteiger partial charge in [0.15, 0.2) is 0 Å². The molecule has 9 rings (SSSR count). The molecular formula is C42H28N2O. The molecule has 0 fully saturated rings. The lowest BCUT2D eigenvalue weighted by Crippen LogP contribution is -2.11. The summed E-state index contributed by atoms with van der Waals surface area (Å²) in [4.78, 5) is 3.36. The van der Waals surface area contributed by atoms with E-state index in [1.165, 1.54) is 0 Å². The van der Waals surface area contributed by atoms with Gasteiger partial charge in [0.1, 0.15) is 11.5 Å². The molecule has 212 valence electrons. The largest absolute Gasteiger partial charge is 0.456 e. The number of hydrogen-bond acceptors (Lipinski definition) is 3. The minimum Gasteiger partial charge on any atom is -0.456 e. The lowest BCUT2D eigenvalue weighted by Gasteiger charge is -2.30. The maximum atomic E-state index is 8.94. The van der Waals surface area contributed by atoms with Gasteiger partial charge in [-0.15, -0.1) is 0 Å². The molecule has 3 heteroatoms. The van der Waals surface area contributed by atoms with Crippen LogP contribution in [0.1, 0.15) is 13.7 Å². The van der Waals surface area contributed by atoms with Gasteiger partial charge in [-0.05, 0) is 77.4 Å². The van der Waals surface area contributed by atoms with Crippen molar-refractivity contribution in [1.29, 1.82) is 0 Å². The zero-order chi connectivity index (χ0) is 38.4. The molecular weight excluding hydrogens is 548 g/mol. The van der Waals surface area contributed by atoms with E-state index in [-0.39, 0.29) is 35.5 Å². The summed E-state index contributed by atoms with van der Waals surface area (Å²) in [5.41, 5.74) is 2.32. The first-order chi connectivity index (χ1) is 26.5. The molecule has 1 aliphatic rings. The monoisotopic (exact) mass is 586 g/mol. The Kier molecular flexibility index (Phi) is 3.95. The van der Waals surface area contributed by atoms with Crippen LogP contribution >= 0.6 is 0 Å². The SMILES string of the molecule is [2H]c1c([2H])c([2H])c(N(c2ccccc2)c2cc3c4c(ccc5cc(N(c6ccccc6)c6c([2H])c([2H])c([2H])c([2H])c6[2H])c6cccc(c6c54)O3)c2)c([2H])c1[2H]. The summed E-state index contributed by atoms with van der Waals surface area (Å²) in [6, 6.07) is 29.4. The Balaban J connectivity index is 1.33. The Bertz CT molecular complexity index is 2870. The normalized spacial score (nSPS) is 14.8. The van der Waals surface area contributed by atoms with Gasteiger partial charge in [0.2, 0.25) is 0 Å². The van der Waals surface area contributed by atoms with Crippen molar-refractivity contribution in [1.82, 2.24) is 0 Å². The zero-order valence-electron chi connectivity index (χ0n) is 33.7. The highest BCUT2D eigenvalue weighted by molar-refractivity contribution is 6.28. The number of para-hydroxylation sites is 4. The van der Waals surface area contributed by atoms with Crippen molar-refractivity contribution in [3.8, 4) is 11.5 Å². The van der Waals surface area contributed by atoms with Crippen molar-refractivity contribution in [3.63, 3.8) is 0 Å². The second kappa shape index (κ2) is 10.3. The van der Waals surface area contributed by atoms with E-state index in [1.54, 1.807) is 9.80 Å². The molecule has 0 N–H and O–H groups in total. The summed E-state index contributed by atoms with van der Waals surface area (Å²) >= 11 is 0. The average molecular weight is 587 g/mol. The van der Waals surface area contributed by atoms with Gasteiger partial charge in [-0.25, -0.2) is 0 Å². The summed E-state index contributed by atoms with van der Waals surface area (Å²) < 4.78 is 92.6. The molecule has 0 aliphatic carbocycles. The van der Waals surface area contributed by atoms with Crippen molar-refractivity contribution in [3.05, 3.63) is 170 Å². The first-order valence-corrected chi connectivity index (χ1v) is 14.5. The highest BCUT2D eigenvalue weighted by atomic mass is 16.5. The smallest absolute Gasteiger partial charge is 0.138 e. The molecule has 0 unspecified atom stereocenters. The number of benzene rings is 8. The van der Waals surface area contributed by atoms with Crippen LogP contribution < -0.4 is 14.5 Å². The van der Waals surface area contributed by atoms with Gasteiger partial charge in [-0.2, -0.15) is 0 Å². The molecule has 0 spiro atoms. The van der Waals surface area contributed by atoms with Crippen molar-refractivity contribution in [2.24, 2.45) is 0 Å². The number of ether oxygens (including phenoxy) is 1. The first kappa shape index (κ1) is 17.3. The Hall–Kier alpha value is -6.06. The van der Waals surface area contributed by atoms with Gasteiger partial charge in [0, 0.05) is 50.4 Å². The molecule has 0 radical (unpaired) electrons. The van der Waals surface area contributed by atoms with Gasteiger partial charge in [0.05, 0.1) is 25.1 Å². The molecule has 8 aromatic carbocycles. The van der Waals surface area contributed by atoms with E-state index in [0.29, 0.717) is 34.2 Å². The second-order valence-corrected chi connectivity index (χ2v) is 10.7. The van der Waals surface area contributed by atoms with Gasteiger partial charge >= 0.3 is 0 Å². The standard InChI is InChI=1S/C42H28N2O/c1-5-14-31(15-6-1)43(32-16-7-2-8-17-32)35-26-29-24-25-30-27-37(44(33-18-9-3-10-19-33)34-20-11-4-12-21-34)36-22-13-23-38-42(36)41(30)40(29)39(28-35)45-38/h1-28H/i1D,3D,5D,6D,9D,10D,14D,15D,18D,19D. The molecule has 1 heterocycles. The highest BCUT2D eigenvalue weighted by Crippen LogP contribution is 2.52. The van der Waals surface area contributed by atoms with Crippen molar-refractivity contribution in [2.45, 2.75) is 0 Å². The predicted octanol–water partition coefficient (Wildman–Crippen LogP) is 12.2. The van der Waals surface area contributed by atoms with Crippen LogP contribution in [0.3, 0.4) is 0 Å². The molecule has 1 aliphatic heterocycles. The van der Waals surface area contributed by atoms with Gasteiger partial charge < -0.3 is 14.5 Å². The molecule has 0 amide bonds. The third kappa shape index (κ3) is 4.13. The van der Waals surface area contributed by atoms with E-state index >= 15 is 0 Å².